The van der Waals surface area contributed by atoms with Crippen LogP contribution in [-0.2, 0) is 22.0 Å². The first-order chi connectivity index (χ1) is 12.4. The van der Waals surface area contributed by atoms with Crippen LogP contribution in [0.2, 0.25) is 0 Å². The van der Waals surface area contributed by atoms with E-state index in [0.29, 0.717) is 18.5 Å². The smallest absolute Gasteiger partial charge is 0.224 e. The van der Waals surface area contributed by atoms with Crippen LogP contribution in [0.5, 0.6) is 5.75 Å². The Morgan fingerprint density at radius 2 is 1.41 bits per heavy atom. The predicted octanol–water partition coefficient (Wildman–Crippen LogP) is 5.87. The van der Waals surface area contributed by atoms with E-state index in [9.17, 15) is 9.90 Å². The van der Waals surface area contributed by atoms with Crippen molar-refractivity contribution in [3.05, 3.63) is 58.7 Å². The Labute approximate surface area is 163 Å². The lowest BCUT2D eigenvalue weighted by Crippen LogP contribution is -2.20. The number of hydrogen-bond donors (Lipinski definition) is 2. The molecule has 0 radical (unpaired) electrons. The van der Waals surface area contributed by atoms with Gasteiger partial charge in [-0.15, -0.1) is 0 Å². The Balaban J connectivity index is 2.20. The maximum absolute atomic E-state index is 12.3. The highest BCUT2D eigenvalue weighted by atomic mass is 16.3. The number of carbonyl (C=O) groups excluding carboxylic acids is 1. The highest BCUT2D eigenvalue weighted by Crippen LogP contribution is 2.35. The van der Waals surface area contributed by atoms with E-state index in [1.54, 1.807) is 24.3 Å². The fourth-order valence-corrected chi connectivity index (χ4v) is 3.50. The lowest BCUT2D eigenvalue weighted by molar-refractivity contribution is -0.116. The van der Waals surface area contributed by atoms with Crippen molar-refractivity contribution in [2.45, 2.75) is 72.1 Å². The van der Waals surface area contributed by atoms with Crippen LogP contribution in [0.4, 0.5) is 5.69 Å². The Hall–Kier alpha value is -2.29. The Bertz CT molecular complexity index is 771. The van der Waals surface area contributed by atoms with Crippen LogP contribution in [0.15, 0.2) is 36.4 Å². The number of carbonyl (C=O) groups is 1. The number of nitrogens with one attached hydrogen (secondary N) is 1. The first kappa shape index (κ1) is 21.0. The van der Waals surface area contributed by atoms with Gasteiger partial charge < -0.3 is 10.4 Å². The molecule has 0 aliphatic rings. The fraction of sp³-hybridized carbons (Fsp3) is 0.458. The van der Waals surface area contributed by atoms with Crippen molar-refractivity contribution in [2.24, 2.45) is 0 Å². The number of rotatable bonds is 4. The Kier molecular flexibility index (Phi) is 6.04. The number of hydrogen-bond acceptors (Lipinski definition) is 2. The number of phenolic OH excluding ortho intramolecular Hbond substituents is 1. The second-order valence-electron chi connectivity index (χ2n) is 9.41. The monoisotopic (exact) mass is 367 g/mol. The molecule has 2 N–H and O–H groups in total. The maximum Gasteiger partial charge on any atom is 0.224 e. The van der Waals surface area contributed by atoms with Gasteiger partial charge in [0.1, 0.15) is 5.75 Å². The molecular formula is C24H33NO2. The number of anilines is 1. The molecule has 2 aromatic rings. The van der Waals surface area contributed by atoms with E-state index in [0.717, 1.165) is 0 Å². The third-order valence-corrected chi connectivity index (χ3v) is 4.88. The minimum Gasteiger partial charge on any atom is -0.508 e. The van der Waals surface area contributed by atoms with Crippen LogP contribution < -0.4 is 5.32 Å². The molecule has 0 saturated heterocycles. The Morgan fingerprint density at radius 1 is 0.926 bits per heavy atom. The predicted molar refractivity (Wildman–Crippen MR) is 114 cm³/mol. The first-order valence-electron chi connectivity index (χ1n) is 9.61. The number of phenols is 1. The number of aryl methyl sites for hydroxylation is 1. The zero-order chi connectivity index (χ0) is 20.4. The van der Waals surface area contributed by atoms with Crippen molar-refractivity contribution in [1.82, 2.24) is 0 Å². The average Bonchev–Trinajstić information content (AvgIpc) is 2.54. The molecule has 0 fully saturated rings. The molecule has 0 atom stereocenters. The topological polar surface area (TPSA) is 49.3 Å². The van der Waals surface area contributed by atoms with Gasteiger partial charge in [0.25, 0.3) is 0 Å². The van der Waals surface area contributed by atoms with Gasteiger partial charge >= 0.3 is 0 Å². The summed E-state index contributed by atoms with van der Waals surface area (Å²) in [7, 11) is 0. The van der Waals surface area contributed by atoms with Crippen LogP contribution in [0, 0.1) is 6.92 Å². The van der Waals surface area contributed by atoms with Gasteiger partial charge in [0.05, 0.1) is 0 Å². The summed E-state index contributed by atoms with van der Waals surface area (Å²) in [6.07, 6.45) is 1.13. The van der Waals surface area contributed by atoms with Crippen molar-refractivity contribution < 1.29 is 9.90 Å². The molecule has 0 spiro atoms. The summed E-state index contributed by atoms with van der Waals surface area (Å²) in [5, 5.41) is 12.2. The quantitative estimate of drug-likeness (QED) is 0.664. The highest BCUT2D eigenvalue weighted by Gasteiger charge is 2.24. The summed E-state index contributed by atoms with van der Waals surface area (Å²) in [4.78, 5) is 12.3. The van der Waals surface area contributed by atoms with E-state index in [-0.39, 0.29) is 22.5 Å². The maximum atomic E-state index is 12.3. The summed E-state index contributed by atoms with van der Waals surface area (Å²) in [6.45, 7) is 15.6. The summed E-state index contributed by atoms with van der Waals surface area (Å²) >= 11 is 0. The summed E-state index contributed by atoms with van der Waals surface area (Å²) < 4.78 is 0. The zero-order valence-electron chi connectivity index (χ0n) is 17.7. The third-order valence-electron chi connectivity index (χ3n) is 4.88. The number of benzene rings is 2. The second-order valence-corrected chi connectivity index (χ2v) is 9.41. The van der Waals surface area contributed by atoms with E-state index in [4.69, 9.17) is 0 Å². The molecule has 3 nitrogen and oxygen atoms in total. The number of aromatic hydroxyl groups is 1. The van der Waals surface area contributed by atoms with Gasteiger partial charge in [-0.05, 0) is 70.7 Å². The van der Waals surface area contributed by atoms with Crippen molar-refractivity contribution in [3.8, 4) is 5.75 Å². The van der Waals surface area contributed by atoms with Crippen LogP contribution in [0.1, 0.15) is 70.2 Å². The standard InChI is InChI=1S/C24H33NO2/c1-16-20(23(2,3)4)14-17(15-21(16)24(5,6)7)8-13-22(27)25-18-9-11-19(26)12-10-18/h9-12,14-15,26H,8,13H2,1-7H3,(H,25,27). The van der Waals surface area contributed by atoms with E-state index < -0.39 is 0 Å². The zero-order valence-corrected chi connectivity index (χ0v) is 17.7. The first-order valence-corrected chi connectivity index (χ1v) is 9.61. The minimum absolute atomic E-state index is 0.0177. The molecule has 0 aliphatic heterocycles. The lowest BCUT2D eigenvalue weighted by Gasteiger charge is -2.30. The molecule has 1 amide bonds. The van der Waals surface area contributed by atoms with Crippen LogP contribution in [0.25, 0.3) is 0 Å². The van der Waals surface area contributed by atoms with E-state index >= 15 is 0 Å². The third kappa shape index (κ3) is 5.59. The van der Waals surface area contributed by atoms with Gasteiger partial charge in [-0.2, -0.15) is 0 Å². The molecule has 2 rings (SSSR count). The van der Waals surface area contributed by atoms with Crippen molar-refractivity contribution in [3.63, 3.8) is 0 Å². The normalized spacial score (nSPS) is 12.1. The van der Waals surface area contributed by atoms with Crippen LogP contribution in [0.3, 0.4) is 0 Å². The van der Waals surface area contributed by atoms with E-state index in [2.05, 4.69) is 65.9 Å². The largest absolute Gasteiger partial charge is 0.508 e. The summed E-state index contributed by atoms with van der Waals surface area (Å²) in [6, 6.07) is 11.1. The van der Waals surface area contributed by atoms with Gasteiger partial charge in [0, 0.05) is 12.1 Å². The van der Waals surface area contributed by atoms with Gasteiger partial charge in [-0.1, -0.05) is 53.7 Å². The second kappa shape index (κ2) is 7.75. The molecule has 3 heteroatoms. The lowest BCUT2D eigenvalue weighted by atomic mass is 9.75. The molecule has 0 aromatic heterocycles. The Morgan fingerprint density at radius 3 is 1.85 bits per heavy atom. The summed E-state index contributed by atoms with van der Waals surface area (Å²) in [5.74, 6) is 0.174. The molecule has 0 heterocycles. The molecule has 146 valence electrons. The van der Waals surface area contributed by atoms with Crippen molar-refractivity contribution in [2.75, 3.05) is 5.32 Å². The van der Waals surface area contributed by atoms with Gasteiger partial charge in [0.2, 0.25) is 5.91 Å². The molecule has 27 heavy (non-hydrogen) atoms. The van der Waals surface area contributed by atoms with E-state index in [1.165, 1.54) is 22.3 Å². The average molecular weight is 368 g/mol. The van der Waals surface area contributed by atoms with E-state index in [1.807, 2.05) is 0 Å². The molecule has 0 saturated carbocycles. The molecular weight excluding hydrogens is 334 g/mol. The van der Waals surface area contributed by atoms with Crippen LogP contribution >= 0.6 is 0 Å². The van der Waals surface area contributed by atoms with Gasteiger partial charge in [-0.3, -0.25) is 4.79 Å². The molecule has 0 bridgehead atoms. The highest BCUT2D eigenvalue weighted by molar-refractivity contribution is 5.90. The molecule has 2 aromatic carbocycles. The minimum atomic E-state index is -0.0177. The van der Waals surface area contributed by atoms with Crippen molar-refractivity contribution >= 4 is 11.6 Å². The fourth-order valence-electron chi connectivity index (χ4n) is 3.50. The SMILES string of the molecule is Cc1c(C(C)(C)C)cc(CCC(=O)Nc2ccc(O)cc2)cc1C(C)(C)C. The molecule has 0 unspecified atom stereocenters. The summed E-state index contributed by atoms with van der Waals surface area (Å²) in [5.41, 5.74) is 6.09. The molecule has 0 aliphatic carbocycles. The van der Waals surface area contributed by atoms with Crippen LogP contribution in [-0.4, -0.2) is 11.0 Å². The van der Waals surface area contributed by atoms with Gasteiger partial charge in [0.15, 0.2) is 0 Å². The van der Waals surface area contributed by atoms with Crippen molar-refractivity contribution in [1.29, 1.82) is 0 Å². The van der Waals surface area contributed by atoms with Gasteiger partial charge in [-0.25, -0.2) is 0 Å². The number of amides is 1.